The first-order valence-corrected chi connectivity index (χ1v) is 21.3. The largest absolute Gasteiger partial charge is 0.463 e. The lowest BCUT2D eigenvalue weighted by molar-refractivity contribution is -0.152. The maximum Gasteiger partial charge on any atom is 0.305 e. The Kier molecular flexibility index (Phi) is 36.9. The number of carbonyl (C=O) groups is 2. The zero-order valence-corrected chi connectivity index (χ0v) is 33.7. The normalized spacial score (nSPS) is 14.0. The van der Waals surface area contributed by atoms with Crippen LogP contribution in [0, 0.1) is 5.92 Å². The summed E-state index contributed by atoms with van der Waals surface area (Å²) in [5, 5.41) is 30.0. The molecule has 0 radical (unpaired) electrons. The summed E-state index contributed by atoms with van der Waals surface area (Å²) in [5.41, 5.74) is 0. The third-order valence-corrected chi connectivity index (χ3v) is 9.20. The molecule has 3 N–H and O–H groups in total. The number of aliphatic hydroxyl groups excluding tert-OH is 3. The van der Waals surface area contributed by atoms with Gasteiger partial charge in [-0.1, -0.05) is 191 Å². The van der Waals surface area contributed by atoms with E-state index in [4.69, 9.17) is 9.47 Å². The highest BCUT2D eigenvalue weighted by atomic mass is 16.6. The average molecular weight is 733 g/mol. The summed E-state index contributed by atoms with van der Waals surface area (Å²) >= 11 is 0. The van der Waals surface area contributed by atoms with E-state index in [0.717, 1.165) is 57.3 Å². The van der Waals surface area contributed by atoms with Gasteiger partial charge in [-0.3, -0.25) is 9.59 Å². The number of hydrogen-bond acceptors (Lipinski definition) is 7. The number of ether oxygens (including phenoxy) is 2. The molecule has 0 spiro atoms. The van der Waals surface area contributed by atoms with Gasteiger partial charge in [0.1, 0.15) is 19.3 Å². The summed E-state index contributed by atoms with van der Waals surface area (Å²) in [6.45, 7) is 6.37. The summed E-state index contributed by atoms with van der Waals surface area (Å²) in [7, 11) is 0. The van der Waals surface area contributed by atoms with Crippen LogP contribution < -0.4 is 0 Å². The van der Waals surface area contributed by atoms with E-state index >= 15 is 0 Å². The van der Waals surface area contributed by atoms with Crippen LogP contribution in [0.15, 0.2) is 48.6 Å². The van der Waals surface area contributed by atoms with Gasteiger partial charge in [0.25, 0.3) is 0 Å². The van der Waals surface area contributed by atoms with E-state index in [-0.39, 0.29) is 31.7 Å². The molecule has 0 aromatic heterocycles. The van der Waals surface area contributed by atoms with Crippen molar-refractivity contribution in [2.45, 2.75) is 206 Å². The fourth-order valence-corrected chi connectivity index (χ4v) is 5.90. The Balaban J connectivity index is 3.63. The van der Waals surface area contributed by atoms with Crippen LogP contribution in [0.5, 0.6) is 0 Å². The van der Waals surface area contributed by atoms with Crippen molar-refractivity contribution >= 4 is 11.9 Å². The topological polar surface area (TPSA) is 113 Å². The van der Waals surface area contributed by atoms with Gasteiger partial charge in [-0.2, -0.15) is 0 Å². The Morgan fingerprint density at radius 2 is 0.885 bits per heavy atom. The lowest BCUT2D eigenvalue weighted by atomic mass is 10.0. The van der Waals surface area contributed by atoms with Crippen molar-refractivity contribution < 1.29 is 34.4 Å². The van der Waals surface area contributed by atoms with Crippen LogP contribution in [0.4, 0.5) is 0 Å². The van der Waals surface area contributed by atoms with Crippen LogP contribution >= 0.6 is 0 Å². The lowest BCUT2D eigenvalue weighted by Crippen LogP contribution is -2.25. The number of hydrogen-bond donors (Lipinski definition) is 3. The van der Waals surface area contributed by atoms with Gasteiger partial charge in [0.15, 0.2) is 0 Å². The molecule has 7 heteroatoms. The molecule has 52 heavy (non-hydrogen) atoms. The monoisotopic (exact) mass is 733 g/mol. The maximum absolute atomic E-state index is 12.0. The summed E-state index contributed by atoms with van der Waals surface area (Å²) in [6, 6.07) is 0. The fourth-order valence-electron chi connectivity index (χ4n) is 5.90. The van der Waals surface area contributed by atoms with E-state index in [1.165, 1.54) is 89.9 Å². The second kappa shape index (κ2) is 38.5. The van der Waals surface area contributed by atoms with Crippen molar-refractivity contribution in [1.29, 1.82) is 0 Å². The first kappa shape index (κ1) is 49.8. The van der Waals surface area contributed by atoms with Gasteiger partial charge in [-0.25, -0.2) is 0 Å². The van der Waals surface area contributed by atoms with Crippen LogP contribution in [-0.4, -0.2) is 58.8 Å². The molecular formula is C45H80O7. The van der Waals surface area contributed by atoms with Crippen LogP contribution in [0.3, 0.4) is 0 Å². The third-order valence-electron chi connectivity index (χ3n) is 9.20. The second-order valence-corrected chi connectivity index (χ2v) is 15.0. The number of allylic oxidation sites excluding steroid dienone is 6. The van der Waals surface area contributed by atoms with Gasteiger partial charge >= 0.3 is 11.9 Å². The standard InChI is InChI=1S/C45H80O7/c1-4-5-25-32-41(46)33-27-22-18-16-19-23-28-34-42(47)35-30-37-45(50)52-39-43(48)38-51-44(49)36-29-24-20-15-13-11-9-7-6-8-10-12-14-17-21-26-31-40(2)3/h18-19,22-23,27-28,33-34,40-43,46-48H,4-17,20-21,24-26,29-32,35-39H2,1-3H3/b22-18-,23-19-,33-27+,34-28+/t41-,42-,43-/m0/s1. The quantitative estimate of drug-likeness (QED) is 0.0331. The Morgan fingerprint density at radius 3 is 1.33 bits per heavy atom. The van der Waals surface area contributed by atoms with E-state index in [1.807, 2.05) is 36.5 Å². The minimum atomic E-state index is -1.05. The Bertz CT molecular complexity index is 923. The minimum Gasteiger partial charge on any atom is -0.463 e. The minimum absolute atomic E-state index is 0.137. The molecule has 0 heterocycles. The molecule has 0 unspecified atom stereocenters. The van der Waals surface area contributed by atoms with Gasteiger partial charge in [0.2, 0.25) is 0 Å². The van der Waals surface area contributed by atoms with E-state index in [9.17, 15) is 24.9 Å². The molecule has 0 aliphatic heterocycles. The second-order valence-electron chi connectivity index (χ2n) is 15.0. The van der Waals surface area contributed by atoms with Crippen molar-refractivity contribution in [2.24, 2.45) is 5.92 Å². The molecule has 3 atom stereocenters. The van der Waals surface area contributed by atoms with Gasteiger partial charge in [0, 0.05) is 12.8 Å². The lowest BCUT2D eigenvalue weighted by Gasteiger charge is -2.12. The molecule has 7 nitrogen and oxygen atoms in total. The smallest absolute Gasteiger partial charge is 0.305 e. The zero-order valence-electron chi connectivity index (χ0n) is 33.7. The van der Waals surface area contributed by atoms with E-state index in [2.05, 4.69) is 20.8 Å². The molecule has 0 aromatic rings. The predicted octanol–water partition coefficient (Wildman–Crippen LogP) is 11.2. The Labute approximate surface area is 319 Å². The molecule has 0 aliphatic carbocycles. The van der Waals surface area contributed by atoms with Crippen molar-refractivity contribution in [3.8, 4) is 0 Å². The number of unbranched alkanes of at least 4 members (excludes halogenated alkanes) is 17. The first-order chi connectivity index (χ1) is 25.2. The molecule has 302 valence electrons. The van der Waals surface area contributed by atoms with Crippen LogP contribution in [-0.2, 0) is 19.1 Å². The third kappa shape index (κ3) is 39.0. The Morgan fingerprint density at radius 1 is 0.500 bits per heavy atom. The highest BCUT2D eigenvalue weighted by Gasteiger charge is 2.12. The van der Waals surface area contributed by atoms with Crippen molar-refractivity contribution in [3.05, 3.63) is 48.6 Å². The fraction of sp³-hybridized carbons (Fsp3) is 0.778. The predicted molar refractivity (Wildman–Crippen MR) is 217 cm³/mol. The molecule has 0 saturated heterocycles. The Hall–Kier alpha value is -2.22. The summed E-state index contributed by atoms with van der Waals surface area (Å²) < 4.78 is 10.2. The van der Waals surface area contributed by atoms with Crippen molar-refractivity contribution in [3.63, 3.8) is 0 Å². The number of rotatable bonds is 37. The molecule has 0 saturated carbocycles. The molecule has 0 amide bonds. The summed E-state index contributed by atoms with van der Waals surface area (Å²) in [4.78, 5) is 24.0. The summed E-state index contributed by atoms with van der Waals surface area (Å²) in [5.74, 6) is 0.0666. The van der Waals surface area contributed by atoms with Crippen LogP contribution in [0.2, 0.25) is 0 Å². The molecule has 0 aromatic carbocycles. The number of aliphatic hydroxyl groups is 3. The van der Waals surface area contributed by atoms with Gasteiger partial charge in [0.05, 0.1) is 12.2 Å². The van der Waals surface area contributed by atoms with Gasteiger partial charge in [-0.15, -0.1) is 0 Å². The SMILES string of the molecule is CCCCC[C@H](O)/C=C/C=C\C/C=C\C=C\[C@H](O)CCCC(=O)OC[C@@H](O)COC(=O)CCCCCCCCCCCCCCCCCCC(C)C. The first-order valence-electron chi connectivity index (χ1n) is 21.3. The molecule has 0 fully saturated rings. The average Bonchev–Trinajstić information content (AvgIpc) is 3.11. The highest BCUT2D eigenvalue weighted by Crippen LogP contribution is 2.15. The van der Waals surface area contributed by atoms with Gasteiger partial charge < -0.3 is 24.8 Å². The summed E-state index contributed by atoms with van der Waals surface area (Å²) in [6.07, 6.45) is 41.0. The van der Waals surface area contributed by atoms with E-state index in [1.54, 1.807) is 12.2 Å². The van der Waals surface area contributed by atoms with Gasteiger partial charge in [-0.05, 0) is 38.0 Å². The van der Waals surface area contributed by atoms with Crippen LogP contribution in [0.1, 0.15) is 188 Å². The van der Waals surface area contributed by atoms with Crippen LogP contribution in [0.25, 0.3) is 0 Å². The number of esters is 2. The van der Waals surface area contributed by atoms with Crippen molar-refractivity contribution in [1.82, 2.24) is 0 Å². The van der Waals surface area contributed by atoms with E-state index in [0.29, 0.717) is 19.3 Å². The molecule has 0 bridgehead atoms. The number of carbonyl (C=O) groups excluding carboxylic acids is 2. The van der Waals surface area contributed by atoms with E-state index < -0.39 is 18.2 Å². The zero-order chi connectivity index (χ0) is 38.3. The molecule has 0 aliphatic rings. The molecule has 0 rings (SSSR count). The molecular weight excluding hydrogens is 652 g/mol. The highest BCUT2D eigenvalue weighted by molar-refractivity contribution is 5.69. The maximum atomic E-state index is 12.0. The van der Waals surface area contributed by atoms with Crippen molar-refractivity contribution in [2.75, 3.05) is 13.2 Å².